The molecule has 0 aliphatic heterocycles. The molecule has 0 amide bonds. The summed E-state index contributed by atoms with van der Waals surface area (Å²) in [7, 11) is 1.71. The first-order valence-corrected chi connectivity index (χ1v) is 6.88. The van der Waals surface area contributed by atoms with Gasteiger partial charge in [-0.15, -0.1) is 0 Å². The first-order valence-electron chi connectivity index (χ1n) is 5.73. The number of nitrogens with one attached hydrogen (secondary N) is 1. The zero-order chi connectivity index (χ0) is 12.7. The highest BCUT2D eigenvalue weighted by atomic mass is 32.2. The molecule has 0 spiro atoms. The van der Waals surface area contributed by atoms with E-state index < -0.39 is 11.5 Å². The Hall–Kier alpha value is -1.00. The minimum atomic E-state index is -0.969. The van der Waals surface area contributed by atoms with E-state index in [0.29, 0.717) is 6.42 Å². The number of likely N-dealkylation sites (N-methyl/N-ethyl adjacent to an activating group) is 1. The number of benzene rings is 1. The molecule has 0 radical (unpaired) electrons. The molecule has 0 heterocycles. The number of carboxylic acids is 1. The number of thioether (sulfide) groups is 1. The Labute approximate surface area is 107 Å². The van der Waals surface area contributed by atoms with Crippen LogP contribution in [-0.4, -0.2) is 29.6 Å². The maximum Gasteiger partial charge on any atom is 0.328 e. The molecule has 1 unspecified atom stereocenters. The number of carbonyl (C=O) groups is 1. The molecule has 0 saturated carbocycles. The van der Waals surface area contributed by atoms with Crippen LogP contribution < -0.4 is 5.32 Å². The Kier molecular flexibility index (Phi) is 5.51. The van der Waals surface area contributed by atoms with Crippen LogP contribution in [0.1, 0.15) is 18.9 Å². The van der Waals surface area contributed by atoms with Gasteiger partial charge in [0.25, 0.3) is 0 Å². The van der Waals surface area contributed by atoms with Gasteiger partial charge in [0.2, 0.25) is 0 Å². The molecular formula is C13H19NO2S. The summed E-state index contributed by atoms with van der Waals surface area (Å²) in [5.41, 5.74) is -0.157. The summed E-state index contributed by atoms with van der Waals surface area (Å²) >= 11 is 1.76. The molecule has 1 rings (SSSR count). The largest absolute Gasteiger partial charge is 0.480 e. The predicted molar refractivity (Wildman–Crippen MR) is 72.4 cm³/mol. The lowest BCUT2D eigenvalue weighted by atomic mass is 9.87. The average molecular weight is 253 g/mol. The Morgan fingerprint density at radius 2 is 2.06 bits per heavy atom. The summed E-state index contributed by atoms with van der Waals surface area (Å²) in [6.45, 7) is 2.08. The SMILES string of the molecule is CCSCCC(NC)(C(=O)O)c1ccccc1. The van der Waals surface area contributed by atoms with Crippen molar-refractivity contribution in [1.82, 2.24) is 5.32 Å². The van der Waals surface area contributed by atoms with Crippen molar-refractivity contribution in [2.75, 3.05) is 18.6 Å². The molecule has 0 fully saturated rings. The van der Waals surface area contributed by atoms with Crippen LogP contribution in [0.5, 0.6) is 0 Å². The third-order valence-corrected chi connectivity index (χ3v) is 3.79. The molecule has 2 N–H and O–H groups in total. The molecular weight excluding hydrogens is 234 g/mol. The molecule has 1 aromatic carbocycles. The van der Waals surface area contributed by atoms with Crippen molar-refractivity contribution in [3.63, 3.8) is 0 Å². The maximum absolute atomic E-state index is 11.6. The molecule has 94 valence electrons. The predicted octanol–water partition coefficient (Wildman–Crippen LogP) is 2.33. The van der Waals surface area contributed by atoms with Crippen LogP contribution in [0.4, 0.5) is 0 Å². The van der Waals surface area contributed by atoms with Gasteiger partial charge in [0.05, 0.1) is 0 Å². The normalized spacial score (nSPS) is 14.2. The minimum Gasteiger partial charge on any atom is -0.480 e. The fourth-order valence-electron chi connectivity index (χ4n) is 1.84. The Morgan fingerprint density at radius 1 is 1.41 bits per heavy atom. The van der Waals surface area contributed by atoms with Gasteiger partial charge >= 0.3 is 5.97 Å². The van der Waals surface area contributed by atoms with Crippen molar-refractivity contribution in [2.45, 2.75) is 18.9 Å². The molecule has 0 aromatic heterocycles. The first-order chi connectivity index (χ1) is 8.17. The van der Waals surface area contributed by atoms with Gasteiger partial charge in [-0.05, 0) is 30.5 Å². The molecule has 1 aromatic rings. The molecule has 4 heteroatoms. The topological polar surface area (TPSA) is 49.3 Å². The quantitative estimate of drug-likeness (QED) is 0.732. The summed E-state index contributed by atoms with van der Waals surface area (Å²) in [5.74, 6) is 1.02. The summed E-state index contributed by atoms with van der Waals surface area (Å²) in [6, 6.07) is 9.36. The number of hydrogen-bond donors (Lipinski definition) is 2. The van der Waals surface area contributed by atoms with Crippen molar-refractivity contribution >= 4 is 17.7 Å². The van der Waals surface area contributed by atoms with Crippen molar-refractivity contribution in [3.05, 3.63) is 35.9 Å². The Bertz CT molecular complexity index is 356. The number of aliphatic carboxylic acids is 1. The zero-order valence-electron chi connectivity index (χ0n) is 10.3. The van der Waals surface area contributed by atoms with E-state index in [1.807, 2.05) is 30.3 Å². The highest BCUT2D eigenvalue weighted by Gasteiger charge is 2.38. The molecule has 0 bridgehead atoms. The second-order valence-corrected chi connectivity index (χ2v) is 5.17. The standard InChI is InChI=1S/C13H19NO2S/c1-3-17-10-9-13(14-2,12(15)16)11-7-5-4-6-8-11/h4-8,14H,3,9-10H2,1-2H3,(H,15,16). The van der Waals surface area contributed by atoms with Crippen LogP contribution in [0.25, 0.3) is 0 Å². The zero-order valence-corrected chi connectivity index (χ0v) is 11.1. The van der Waals surface area contributed by atoms with Crippen LogP contribution in [0.3, 0.4) is 0 Å². The van der Waals surface area contributed by atoms with Crippen LogP contribution in [0, 0.1) is 0 Å². The van der Waals surface area contributed by atoms with Gasteiger partial charge in [-0.2, -0.15) is 11.8 Å². The van der Waals surface area contributed by atoms with Crippen molar-refractivity contribution in [1.29, 1.82) is 0 Å². The lowest BCUT2D eigenvalue weighted by molar-refractivity contribution is -0.145. The fraction of sp³-hybridized carbons (Fsp3) is 0.462. The third-order valence-electron chi connectivity index (χ3n) is 2.88. The second kappa shape index (κ2) is 6.67. The van der Waals surface area contributed by atoms with Gasteiger partial charge in [-0.1, -0.05) is 37.3 Å². The first kappa shape index (κ1) is 14.1. The van der Waals surface area contributed by atoms with E-state index in [1.54, 1.807) is 18.8 Å². The number of hydrogen-bond acceptors (Lipinski definition) is 3. The smallest absolute Gasteiger partial charge is 0.328 e. The van der Waals surface area contributed by atoms with Gasteiger partial charge in [-0.25, -0.2) is 4.79 Å². The minimum absolute atomic E-state index is 0.585. The molecule has 0 saturated heterocycles. The summed E-state index contributed by atoms with van der Waals surface area (Å²) in [5, 5.41) is 12.5. The maximum atomic E-state index is 11.6. The van der Waals surface area contributed by atoms with Gasteiger partial charge in [0.1, 0.15) is 5.54 Å². The molecule has 3 nitrogen and oxygen atoms in total. The van der Waals surface area contributed by atoms with E-state index in [1.165, 1.54) is 0 Å². The van der Waals surface area contributed by atoms with Crippen LogP contribution in [0.15, 0.2) is 30.3 Å². The number of carboxylic acid groups (broad SMARTS) is 1. The van der Waals surface area contributed by atoms with Gasteiger partial charge < -0.3 is 10.4 Å². The lowest BCUT2D eigenvalue weighted by Crippen LogP contribution is -2.47. The van der Waals surface area contributed by atoms with Crippen LogP contribution in [-0.2, 0) is 10.3 Å². The number of rotatable bonds is 7. The van der Waals surface area contributed by atoms with E-state index in [0.717, 1.165) is 17.1 Å². The van der Waals surface area contributed by atoms with Gasteiger partial charge in [0.15, 0.2) is 0 Å². The van der Waals surface area contributed by atoms with Crippen molar-refractivity contribution in [3.8, 4) is 0 Å². The van der Waals surface area contributed by atoms with E-state index in [-0.39, 0.29) is 0 Å². The van der Waals surface area contributed by atoms with E-state index >= 15 is 0 Å². The summed E-state index contributed by atoms with van der Waals surface area (Å²) in [6.07, 6.45) is 0.585. The second-order valence-electron chi connectivity index (χ2n) is 3.77. The molecule has 1 atom stereocenters. The van der Waals surface area contributed by atoms with Crippen molar-refractivity contribution < 1.29 is 9.90 Å². The van der Waals surface area contributed by atoms with E-state index in [4.69, 9.17) is 0 Å². The Morgan fingerprint density at radius 3 is 2.53 bits per heavy atom. The third kappa shape index (κ3) is 3.23. The molecule has 17 heavy (non-hydrogen) atoms. The monoisotopic (exact) mass is 253 g/mol. The summed E-state index contributed by atoms with van der Waals surface area (Å²) in [4.78, 5) is 11.6. The average Bonchev–Trinajstić information content (AvgIpc) is 2.36. The summed E-state index contributed by atoms with van der Waals surface area (Å²) < 4.78 is 0. The van der Waals surface area contributed by atoms with Crippen LogP contribution >= 0.6 is 11.8 Å². The lowest BCUT2D eigenvalue weighted by Gasteiger charge is -2.29. The fourth-order valence-corrected chi connectivity index (χ4v) is 2.58. The van der Waals surface area contributed by atoms with E-state index in [2.05, 4.69) is 12.2 Å². The molecule has 0 aliphatic rings. The van der Waals surface area contributed by atoms with E-state index in [9.17, 15) is 9.90 Å². The van der Waals surface area contributed by atoms with Crippen LogP contribution in [0.2, 0.25) is 0 Å². The molecule has 0 aliphatic carbocycles. The van der Waals surface area contributed by atoms with Gasteiger partial charge in [-0.3, -0.25) is 0 Å². The van der Waals surface area contributed by atoms with Crippen molar-refractivity contribution in [2.24, 2.45) is 0 Å². The highest BCUT2D eigenvalue weighted by Crippen LogP contribution is 2.26. The van der Waals surface area contributed by atoms with Gasteiger partial charge in [0, 0.05) is 0 Å². The Balaban J connectivity index is 2.97. The highest BCUT2D eigenvalue weighted by molar-refractivity contribution is 7.99.